The Balaban J connectivity index is 1.57. The molecule has 2 heterocycles. The lowest BCUT2D eigenvalue weighted by atomic mass is 10.1. The van der Waals surface area contributed by atoms with Gasteiger partial charge in [-0.1, -0.05) is 5.92 Å². The zero-order chi connectivity index (χ0) is 25.4. The first kappa shape index (κ1) is 24.6. The highest BCUT2D eigenvalue weighted by atomic mass is 16.4. The second-order valence-corrected chi connectivity index (χ2v) is 7.30. The number of amides is 2. The summed E-state index contributed by atoms with van der Waals surface area (Å²) in [4.78, 5) is 62.1. The minimum absolute atomic E-state index is 0.0430. The van der Waals surface area contributed by atoms with Crippen LogP contribution < -0.4 is 27.2 Å². The molecule has 0 spiro atoms. The first-order valence-electron chi connectivity index (χ1n) is 10.4. The molecule has 2 aromatic heterocycles. The van der Waals surface area contributed by atoms with Gasteiger partial charge in [-0.25, -0.2) is 14.8 Å². The van der Waals surface area contributed by atoms with Crippen LogP contribution in [0.3, 0.4) is 0 Å². The number of terminal acetylenes is 1. The SMILES string of the molecule is C#CCNC(=O)CC[C@H](NC(=O)c1ccc(NCc2cnc3nc(N)[nH]c(=O)c3n2)cc1)C(=O)O. The van der Waals surface area contributed by atoms with Crippen LogP contribution >= 0.6 is 0 Å². The van der Waals surface area contributed by atoms with Crippen molar-refractivity contribution < 1.29 is 19.5 Å². The van der Waals surface area contributed by atoms with Gasteiger partial charge in [-0.3, -0.25) is 19.4 Å². The van der Waals surface area contributed by atoms with Gasteiger partial charge >= 0.3 is 5.97 Å². The number of carboxylic acid groups (broad SMARTS) is 1. The molecule has 0 aliphatic rings. The lowest BCUT2D eigenvalue weighted by Crippen LogP contribution is -2.41. The Hall–Kier alpha value is -4.99. The van der Waals surface area contributed by atoms with Gasteiger partial charge in [0.2, 0.25) is 11.9 Å². The Bertz CT molecular complexity index is 1350. The van der Waals surface area contributed by atoms with Crippen molar-refractivity contribution in [1.82, 2.24) is 30.6 Å². The third-order valence-electron chi connectivity index (χ3n) is 4.76. The number of anilines is 2. The minimum atomic E-state index is -1.25. The highest BCUT2D eigenvalue weighted by Gasteiger charge is 2.21. The van der Waals surface area contributed by atoms with Gasteiger partial charge in [0.15, 0.2) is 11.2 Å². The fourth-order valence-electron chi connectivity index (χ4n) is 3.00. The predicted molar refractivity (Wildman–Crippen MR) is 126 cm³/mol. The molecule has 0 fully saturated rings. The van der Waals surface area contributed by atoms with Crippen LogP contribution in [0.1, 0.15) is 28.9 Å². The number of hydrogen-bond acceptors (Lipinski definition) is 9. The smallest absolute Gasteiger partial charge is 0.326 e. The normalized spacial score (nSPS) is 11.3. The average molecular weight is 478 g/mol. The molecular weight excluding hydrogens is 456 g/mol. The van der Waals surface area contributed by atoms with E-state index in [9.17, 15) is 24.3 Å². The second-order valence-electron chi connectivity index (χ2n) is 7.30. The van der Waals surface area contributed by atoms with Crippen molar-refractivity contribution in [3.05, 3.63) is 52.1 Å². The van der Waals surface area contributed by atoms with E-state index < -0.39 is 29.4 Å². The molecule has 13 heteroatoms. The van der Waals surface area contributed by atoms with Crippen LogP contribution in [0.2, 0.25) is 0 Å². The Morgan fingerprint density at radius 2 is 1.94 bits per heavy atom. The summed E-state index contributed by atoms with van der Waals surface area (Å²) in [5, 5.41) is 17.3. The number of nitrogen functional groups attached to an aromatic ring is 1. The van der Waals surface area contributed by atoms with Crippen molar-refractivity contribution in [1.29, 1.82) is 0 Å². The van der Waals surface area contributed by atoms with Crippen LogP contribution in [0.5, 0.6) is 0 Å². The zero-order valence-electron chi connectivity index (χ0n) is 18.4. The number of fused-ring (bicyclic) bond motifs is 1. The molecule has 3 rings (SSSR count). The third kappa shape index (κ3) is 6.75. The van der Waals surface area contributed by atoms with Crippen molar-refractivity contribution in [3.63, 3.8) is 0 Å². The molecular formula is C22H22N8O5. The number of carbonyl (C=O) groups excluding carboxylic acids is 2. The van der Waals surface area contributed by atoms with Crippen molar-refractivity contribution in [2.45, 2.75) is 25.4 Å². The topological polar surface area (TPSA) is 205 Å². The van der Waals surface area contributed by atoms with E-state index in [-0.39, 0.29) is 48.6 Å². The molecule has 0 saturated heterocycles. The van der Waals surface area contributed by atoms with E-state index in [0.717, 1.165) is 0 Å². The van der Waals surface area contributed by atoms with Gasteiger partial charge in [0.25, 0.3) is 11.5 Å². The molecule has 35 heavy (non-hydrogen) atoms. The van der Waals surface area contributed by atoms with Gasteiger partial charge in [0.1, 0.15) is 6.04 Å². The maximum Gasteiger partial charge on any atom is 0.326 e. The van der Waals surface area contributed by atoms with Gasteiger partial charge in [0.05, 0.1) is 25.0 Å². The molecule has 3 aromatic rings. The summed E-state index contributed by atoms with van der Waals surface area (Å²) in [5.74, 6) is -0.0583. The first-order valence-corrected chi connectivity index (χ1v) is 10.4. The number of hydrogen-bond donors (Lipinski definition) is 6. The summed E-state index contributed by atoms with van der Waals surface area (Å²) in [6.45, 7) is 0.280. The molecule has 2 amide bonds. The molecule has 0 bridgehead atoms. The molecule has 13 nitrogen and oxygen atoms in total. The molecule has 7 N–H and O–H groups in total. The van der Waals surface area contributed by atoms with Gasteiger partial charge in [0, 0.05) is 17.7 Å². The number of aromatic amines is 1. The fourth-order valence-corrected chi connectivity index (χ4v) is 3.00. The quantitative estimate of drug-likeness (QED) is 0.208. The molecule has 180 valence electrons. The Labute approximate surface area is 198 Å². The van der Waals surface area contributed by atoms with Crippen molar-refractivity contribution in [3.8, 4) is 12.3 Å². The van der Waals surface area contributed by atoms with E-state index in [4.69, 9.17) is 12.2 Å². The fraction of sp³-hybridized carbons (Fsp3) is 0.227. The maximum absolute atomic E-state index is 12.5. The highest BCUT2D eigenvalue weighted by molar-refractivity contribution is 5.97. The number of rotatable bonds is 10. The Kier molecular flexibility index (Phi) is 7.91. The lowest BCUT2D eigenvalue weighted by Gasteiger charge is -2.14. The maximum atomic E-state index is 12.5. The summed E-state index contributed by atoms with van der Waals surface area (Å²) in [6.07, 6.45) is 6.32. The van der Waals surface area contributed by atoms with Gasteiger partial charge in [-0.05, 0) is 30.7 Å². The van der Waals surface area contributed by atoms with Gasteiger partial charge < -0.3 is 26.8 Å². The van der Waals surface area contributed by atoms with E-state index in [0.29, 0.717) is 11.4 Å². The number of carboxylic acids is 1. The molecule has 0 saturated carbocycles. The molecule has 0 aliphatic carbocycles. The predicted octanol–water partition coefficient (Wildman–Crippen LogP) is -0.380. The van der Waals surface area contributed by atoms with E-state index in [1.54, 1.807) is 12.1 Å². The van der Waals surface area contributed by atoms with Gasteiger partial charge in [-0.2, -0.15) is 4.98 Å². The Morgan fingerprint density at radius 1 is 1.20 bits per heavy atom. The summed E-state index contributed by atoms with van der Waals surface area (Å²) in [7, 11) is 0. The second kappa shape index (κ2) is 11.2. The Morgan fingerprint density at radius 3 is 2.63 bits per heavy atom. The summed E-state index contributed by atoms with van der Waals surface area (Å²) in [6, 6.07) is 5.04. The van der Waals surface area contributed by atoms with Crippen LogP contribution in [-0.2, 0) is 16.1 Å². The molecule has 0 unspecified atom stereocenters. The summed E-state index contributed by atoms with van der Waals surface area (Å²) < 4.78 is 0. The number of aromatic nitrogens is 4. The van der Waals surface area contributed by atoms with Crippen LogP contribution in [0, 0.1) is 12.3 Å². The zero-order valence-corrected chi connectivity index (χ0v) is 18.4. The van der Waals surface area contributed by atoms with Crippen molar-refractivity contribution >= 4 is 40.6 Å². The van der Waals surface area contributed by atoms with E-state index in [1.165, 1.54) is 18.3 Å². The number of benzene rings is 1. The van der Waals surface area contributed by atoms with Gasteiger partial charge in [-0.15, -0.1) is 6.42 Å². The molecule has 0 radical (unpaired) electrons. The van der Waals surface area contributed by atoms with Crippen LogP contribution in [0.25, 0.3) is 11.2 Å². The van der Waals surface area contributed by atoms with Crippen molar-refractivity contribution in [2.75, 3.05) is 17.6 Å². The standard InChI is InChI=1S/C22H22N8O5/c1-2-9-24-16(31)8-7-15(21(34)35)28-19(32)12-3-5-13(6-4-12)25-10-14-11-26-18-17(27-14)20(33)30-22(23)29-18/h1,3-6,11,15,25H,7-10H2,(H,24,31)(H,28,32)(H,34,35)(H3,23,26,29,30,33)/t15-/m0/s1. The van der Waals surface area contributed by atoms with Crippen molar-refractivity contribution in [2.24, 2.45) is 0 Å². The largest absolute Gasteiger partial charge is 0.480 e. The summed E-state index contributed by atoms with van der Waals surface area (Å²) >= 11 is 0. The number of carbonyl (C=O) groups is 3. The van der Waals surface area contributed by atoms with Crippen LogP contribution in [-0.4, -0.2) is 55.4 Å². The highest BCUT2D eigenvalue weighted by Crippen LogP contribution is 2.12. The number of H-pyrrole nitrogens is 1. The monoisotopic (exact) mass is 478 g/mol. The number of aliphatic carboxylic acids is 1. The van der Waals surface area contributed by atoms with E-state index in [2.05, 4.69) is 41.8 Å². The minimum Gasteiger partial charge on any atom is -0.480 e. The average Bonchev–Trinajstić information content (AvgIpc) is 2.84. The first-order chi connectivity index (χ1) is 16.8. The lowest BCUT2D eigenvalue weighted by molar-refractivity contribution is -0.139. The third-order valence-corrected chi connectivity index (χ3v) is 4.76. The molecule has 1 aromatic carbocycles. The summed E-state index contributed by atoms with van der Waals surface area (Å²) in [5.41, 5.74) is 6.55. The number of nitrogens with two attached hydrogens (primary N) is 1. The number of nitrogens with zero attached hydrogens (tertiary/aromatic N) is 3. The van der Waals surface area contributed by atoms with Crippen LogP contribution in [0.15, 0.2) is 35.3 Å². The molecule has 1 atom stereocenters. The van der Waals surface area contributed by atoms with E-state index in [1.807, 2.05) is 0 Å². The van der Waals surface area contributed by atoms with E-state index >= 15 is 0 Å². The van der Waals surface area contributed by atoms with Crippen LogP contribution in [0.4, 0.5) is 11.6 Å². The molecule has 0 aliphatic heterocycles. The number of nitrogens with one attached hydrogen (secondary N) is 4.